The number of nitrogens with zero attached hydrogens (tertiary/aromatic N) is 2. The van der Waals surface area contributed by atoms with Crippen LogP contribution < -0.4 is 10.2 Å². The highest BCUT2D eigenvalue weighted by Crippen LogP contribution is 2.19. The molecule has 0 bridgehead atoms. The molecular formula is C14H25N3. The van der Waals surface area contributed by atoms with Crippen molar-refractivity contribution in [3.8, 4) is 0 Å². The summed E-state index contributed by atoms with van der Waals surface area (Å²) in [7, 11) is 0. The van der Waals surface area contributed by atoms with E-state index in [0.29, 0.717) is 0 Å². The van der Waals surface area contributed by atoms with Crippen molar-refractivity contribution >= 4 is 11.5 Å². The molecule has 0 spiro atoms. The van der Waals surface area contributed by atoms with Crippen molar-refractivity contribution < 1.29 is 0 Å². The Morgan fingerprint density at radius 2 is 2.12 bits per heavy atom. The number of pyridine rings is 1. The second-order valence-corrected chi connectivity index (χ2v) is 4.48. The molecule has 0 aliphatic carbocycles. The molecule has 1 heterocycles. The fourth-order valence-corrected chi connectivity index (χ4v) is 1.82. The minimum atomic E-state index is 0.727. The van der Waals surface area contributed by atoms with Crippen molar-refractivity contribution in [3.63, 3.8) is 0 Å². The summed E-state index contributed by atoms with van der Waals surface area (Å²) in [4.78, 5) is 6.72. The standard InChI is InChI=1S/C14H25N3/c1-5-12(4)11-17(7-3)13-8-9-16-14(10-13)15-6-2/h8-10,12H,5-7,11H2,1-4H3,(H,15,16). The SMILES string of the molecule is CCNc1cc(N(CC)CC(C)CC)ccn1. The minimum absolute atomic E-state index is 0.727. The summed E-state index contributed by atoms with van der Waals surface area (Å²) in [6.45, 7) is 11.9. The van der Waals surface area contributed by atoms with Gasteiger partial charge in [-0.2, -0.15) is 0 Å². The van der Waals surface area contributed by atoms with Crippen molar-refractivity contribution in [2.45, 2.75) is 34.1 Å². The molecule has 0 amide bonds. The third-order valence-corrected chi connectivity index (χ3v) is 3.08. The van der Waals surface area contributed by atoms with Crippen LogP contribution in [0.3, 0.4) is 0 Å². The van der Waals surface area contributed by atoms with Crippen LogP contribution in [0.25, 0.3) is 0 Å². The first-order chi connectivity index (χ1) is 8.21. The molecule has 0 saturated heterocycles. The van der Waals surface area contributed by atoms with Crippen molar-refractivity contribution in [1.29, 1.82) is 0 Å². The van der Waals surface area contributed by atoms with Crippen LogP contribution in [0, 0.1) is 5.92 Å². The Labute approximate surface area is 105 Å². The van der Waals surface area contributed by atoms with Crippen LogP contribution in [0.4, 0.5) is 11.5 Å². The molecule has 1 aromatic rings. The molecule has 1 rings (SSSR count). The first-order valence-electron chi connectivity index (χ1n) is 6.66. The summed E-state index contributed by atoms with van der Waals surface area (Å²) >= 11 is 0. The number of rotatable bonds is 7. The van der Waals surface area contributed by atoms with E-state index in [1.165, 1.54) is 12.1 Å². The summed E-state index contributed by atoms with van der Waals surface area (Å²) in [5.74, 6) is 1.69. The fraction of sp³-hybridized carbons (Fsp3) is 0.643. The second-order valence-electron chi connectivity index (χ2n) is 4.48. The average molecular weight is 235 g/mol. The van der Waals surface area contributed by atoms with Gasteiger partial charge in [0.15, 0.2) is 0 Å². The number of hydrogen-bond acceptors (Lipinski definition) is 3. The molecular weight excluding hydrogens is 210 g/mol. The molecule has 1 N–H and O–H groups in total. The van der Waals surface area contributed by atoms with Gasteiger partial charge >= 0.3 is 0 Å². The van der Waals surface area contributed by atoms with Gasteiger partial charge in [0.05, 0.1) is 0 Å². The van der Waals surface area contributed by atoms with Crippen LogP contribution in [0.5, 0.6) is 0 Å². The number of hydrogen-bond donors (Lipinski definition) is 1. The van der Waals surface area contributed by atoms with E-state index in [2.05, 4.69) is 55.0 Å². The summed E-state index contributed by atoms with van der Waals surface area (Å²) in [6.07, 6.45) is 3.11. The summed E-state index contributed by atoms with van der Waals surface area (Å²) in [6, 6.07) is 4.22. The van der Waals surface area contributed by atoms with Gasteiger partial charge in [0.2, 0.25) is 0 Å². The van der Waals surface area contributed by atoms with Crippen LogP contribution in [-0.4, -0.2) is 24.6 Å². The lowest BCUT2D eigenvalue weighted by atomic mass is 10.1. The molecule has 0 aliphatic rings. The molecule has 3 nitrogen and oxygen atoms in total. The van der Waals surface area contributed by atoms with E-state index in [1.807, 2.05) is 6.20 Å². The fourth-order valence-electron chi connectivity index (χ4n) is 1.82. The monoisotopic (exact) mass is 235 g/mol. The molecule has 0 fully saturated rings. The highest BCUT2D eigenvalue weighted by molar-refractivity contribution is 5.53. The van der Waals surface area contributed by atoms with Crippen LogP contribution in [-0.2, 0) is 0 Å². The minimum Gasteiger partial charge on any atom is -0.371 e. The number of aromatic nitrogens is 1. The molecule has 17 heavy (non-hydrogen) atoms. The normalized spacial score (nSPS) is 12.2. The molecule has 0 saturated carbocycles. The maximum atomic E-state index is 4.31. The second kappa shape index (κ2) is 7.15. The van der Waals surface area contributed by atoms with E-state index >= 15 is 0 Å². The zero-order valence-corrected chi connectivity index (χ0v) is 11.5. The lowest BCUT2D eigenvalue weighted by Gasteiger charge is -2.26. The maximum Gasteiger partial charge on any atom is 0.127 e. The van der Waals surface area contributed by atoms with Gasteiger partial charge in [-0.25, -0.2) is 4.98 Å². The maximum absolute atomic E-state index is 4.31. The first-order valence-corrected chi connectivity index (χ1v) is 6.66. The third kappa shape index (κ3) is 4.25. The molecule has 0 radical (unpaired) electrons. The van der Waals surface area contributed by atoms with Crippen LogP contribution in [0.1, 0.15) is 34.1 Å². The quantitative estimate of drug-likeness (QED) is 0.785. The van der Waals surface area contributed by atoms with Gasteiger partial charge in [-0.15, -0.1) is 0 Å². The molecule has 1 aromatic heterocycles. The molecule has 96 valence electrons. The molecule has 0 aliphatic heterocycles. The average Bonchev–Trinajstić information content (AvgIpc) is 2.36. The van der Waals surface area contributed by atoms with Crippen LogP contribution >= 0.6 is 0 Å². The highest BCUT2D eigenvalue weighted by Gasteiger charge is 2.08. The Balaban J connectivity index is 2.76. The number of anilines is 2. The lowest BCUT2D eigenvalue weighted by Crippen LogP contribution is -2.28. The summed E-state index contributed by atoms with van der Waals surface area (Å²) < 4.78 is 0. The Bertz CT molecular complexity index is 325. The number of nitrogens with one attached hydrogen (secondary N) is 1. The summed E-state index contributed by atoms with van der Waals surface area (Å²) in [5, 5.41) is 3.26. The zero-order chi connectivity index (χ0) is 12.7. The highest BCUT2D eigenvalue weighted by atomic mass is 15.1. The summed E-state index contributed by atoms with van der Waals surface area (Å²) in [5.41, 5.74) is 1.26. The Hall–Kier alpha value is -1.25. The molecule has 1 unspecified atom stereocenters. The van der Waals surface area contributed by atoms with Gasteiger partial charge in [0.1, 0.15) is 5.82 Å². The predicted octanol–water partition coefficient (Wildman–Crippen LogP) is 3.39. The molecule has 1 atom stereocenters. The van der Waals surface area contributed by atoms with Gasteiger partial charge in [-0.1, -0.05) is 20.3 Å². The van der Waals surface area contributed by atoms with Crippen molar-refractivity contribution in [1.82, 2.24) is 4.98 Å². The largest absolute Gasteiger partial charge is 0.371 e. The van der Waals surface area contributed by atoms with E-state index in [-0.39, 0.29) is 0 Å². The van der Waals surface area contributed by atoms with Crippen LogP contribution in [0.15, 0.2) is 18.3 Å². The van der Waals surface area contributed by atoms with Gasteiger partial charge in [0.25, 0.3) is 0 Å². The first kappa shape index (κ1) is 13.8. The van der Waals surface area contributed by atoms with E-state index in [9.17, 15) is 0 Å². The van der Waals surface area contributed by atoms with Gasteiger partial charge < -0.3 is 10.2 Å². The predicted molar refractivity (Wildman–Crippen MR) is 75.7 cm³/mol. The lowest BCUT2D eigenvalue weighted by molar-refractivity contribution is 0.548. The Morgan fingerprint density at radius 1 is 1.35 bits per heavy atom. The molecule has 0 aromatic carbocycles. The van der Waals surface area contributed by atoms with Crippen molar-refractivity contribution in [2.24, 2.45) is 5.92 Å². The third-order valence-electron chi connectivity index (χ3n) is 3.08. The van der Waals surface area contributed by atoms with Gasteiger partial charge in [-0.3, -0.25) is 0 Å². The molecule has 3 heteroatoms. The van der Waals surface area contributed by atoms with E-state index in [0.717, 1.165) is 31.4 Å². The topological polar surface area (TPSA) is 28.2 Å². The Kier molecular flexibility index (Phi) is 5.81. The van der Waals surface area contributed by atoms with E-state index < -0.39 is 0 Å². The van der Waals surface area contributed by atoms with Crippen molar-refractivity contribution in [2.75, 3.05) is 29.9 Å². The zero-order valence-electron chi connectivity index (χ0n) is 11.5. The van der Waals surface area contributed by atoms with Crippen molar-refractivity contribution in [3.05, 3.63) is 18.3 Å². The van der Waals surface area contributed by atoms with E-state index in [1.54, 1.807) is 0 Å². The Morgan fingerprint density at radius 3 is 2.71 bits per heavy atom. The van der Waals surface area contributed by atoms with Gasteiger partial charge in [0, 0.05) is 37.6 Å². The van der Waals surface area contributed by atoms with Gasteiger partial charge in [-0.05, 0) is 25.8 Å². The van der Waals surface area contributed by atoms with Crippen LogP contribution in [0.2, 0.25) is 0 Å². The van der Waals surface area contributed by atoms with E-state index in [4.69, 9.17) is 0 Å². The smallest absolute Gasteiger partial charge is 0.127 e.